The zero-order chi connectivity index (χ0) is 12.8. The first kappa shape index (κ1) is 13.4. The standard InChI is InChI=1S/C16H26N2/c1-3-5-14-7-9-15(10-8-14)18-13(2)12-16-6-4-11-17-16/h7-10,13,16-18H,3-6,11-12H2,1-2H3. The predicted molar refractivity (Wildman–Crippen MR) is 79.2 cm³/mol. The van der Waals surface area contributed by atoms with Gasteiger partial charge in [-0.15, -0.1) is 0 Å². The van der Waals surface area contributed by atoms with Crippen molar-refractivity contribution < 1.29 is 0 Å². The molecule has 1 saturated heterocycles. The SMILES string of the molecule is CCCc1ccc(NC(C)CC2CCCN2)cc1. The topological polar surface area (TPSA) is 24.1 Å². The van der Waals surface area contributed by atoms with Crippen LogP contribution >= 0.6 is 0 Å². The Kier molecular flexibility index (Phi) is 5.06. The molecule has 2 heteroatoms. The van der Waals surface area contributed by atoms with E-state index in [-0.39, 0.29) is 0 Å². The van der Waals surface area contributed by atoms with Crippen molar-refractivity contribution in [1.29, 1.82) is 0 Å². The highest BCUT2D eigenvalue weighted by molar-refractivity contribution is 5.45. The van der Waals surface area contributed by atoms with Gasteiger partial charge in [0.25, 0.3) is 0 Å². The predicted octanol–water partition coefficient (Wildman–Crippen LogP) is 3.58. The van der Waals surface area contributed by atoms with E-state index in [0.717, 1.165) is 0 Å². The van der Waals surface area contributed by atoms with E-state index in [0.29, 0.717) is 12.1 Å². The molecule has 0 aromatic heterocycles. The normalized spacial score (nSPS) is 20.9. The lowest BCUT2D eigenvalue weighted by Gasteiger charge is -2.19. The number of aryl methyl sites for hydroxylation is 1. The molecule has 0 bridgehead atoms. The van der Waals surface area contributed by atoms with Gasteiger partial charge in [-0.05, 0) is 56.8 Å². The van der Waals surface area contributed by atoms with Gasteiger partial charge in [0.05, 0.1) is 0 Å². The van der Waals surface area contributed by atoms with Gasteiger partial charge in [-0.25, -0.2) is 0 Å². The van der Waals surface area contributed by atoms with E-state index in [1.54, 1.807) is 0 Å². The molecular formula is C16H26N2. The number of rotatable bonds is 6. The van der Waals surface area contributed by atoms with Crippen LogP contribution in [-0.4, -0.2) is 18.6 Å². The first-order valence-corrected chi connectivity index (χ1v) is 7.37. The molecule has 2 N–H and O–H groups in total. The van der Waals surface area contributed by atoms with Crippen LogP contribution < -0.4 is 10.6 Å². The number of hydrogen-bond donors (Lipinski definition) is 2. The van der Waals surface area contributed by atoms with Crippen LogP contribution in [0.15, 0.2) is 24.3 Å². The second-order valence-corrected chi connectivity index (χ2v) is 5.52. The van der Waals surface area contributed by atoms with Crippen LogP contribution in [0.5, 0.6) is 0 Å². The van der Waals surface area contributed by atoms with Crippen LogP contribution in [0.2, 0.25) is 0 Å². The van der Waals surface area contributed by atoms with Crippen molar-refractivity contribution >= 4 is 5.69 Å². The van der Waals surface area contributed by atoms with Crippen molar-refractivity contribution in [3.05, 3.63) is 29.8 Å². The first-order valence-electron chi connectivity index (χ1n) is 7.37. The molecule has 0 aliphatic carbocycles. The summed E-state index contributed by atoms with van der Waals surface area (Å²) in [5, 5.41) is 7.16. The van der Waals surface area contributed by atoms with Gasteiger partial charge >= 0.3 is 0 Å². The fourth-order valence-electron chi connectivity index (χ4n) is 2.78. The van der Waals surface area contributed by atoms with E-state index in [4.69, 9.17) is 0 Å². The summed E-state index contributed by atoms with van der Waals surface area (Å²) in [7, 11) is 0. The molecule has 1 aliphatic heterocycles. The zero-order valence-corrected chi connectivity index (χ0v) is 11.7. The van der Waals surface area contributed by atoms with E-state index < -0.39 is 0 Å². The number of benzene rings is 1. The molecule has 1 aliphatic rings. The van der Waals surface area contributed by atoms with Gasteiger partial charge in [0.15, 0.2) is 0 Å². The summed E-state index contributed by atoms with van der Waals surface area (Å²) in [6.45, 7) is 5.70. The number of hydrogen-bond acceptors (Lipinski definition) is 2. The average molecular weight is 246 g/mol. The van der Waals surface area contributed by atoms with E-state index in [1.807, 2.05) is 0 Å². The Morgan fingerprint density at radius 1 is 1.33 bits per heavy atom. The summed E-state index contributed by atoms with van der Waals surface area (Å²) in [5.41, 5.74) is 2.69. The van der Waals surface area contributed by atoms with Crippen molar-refractivity contribution in [3.8, 4) is 0 Å². The molecule has 1 aromatic carbocycles. The van der Waals surface area contributed by atoms with E-state index >= 15 is 0 Å². The Labute approximate surface area is 111 Å². The van der Waals surface area contributed by atoms with E-state index in [9.17, 15) is 0 Å². The van der Waals surface area contributed by atoms with Gasteiger partial charge in [-0.1, -0.05) is 25.5 Å². The largest absolute Gasteiger partial charge is 0.383 e. The third kappa shape index (κ3) is 4.02. The van der Waals surface area contributed by atoms with Gasteiger partial charge in [-0.2, -0.15) is 0 Å². The summed E-state index contributed by atoms with van der Waals surface area (Å²) in [6.07, 6.45) is 6.29. The lowest BCUT2D eigenvalue weighted by Crippen LogP contribution is -2.29. The Bertz CT molecular complexity index is 339. The zero-order valence-electron chi connectivity index (χ0n) is 11.7. The Morgan fingerprint density at radius 2 is 2.11 bits per heavy atom. The van der Waals surface area contributed by atoms with Gasteiger partial charge in [-0.3, -0.25) is 0 Å². The molecule has 0 amide bonds. The van der Waals surface area contributed by atoms with E-state index in [1.165, 1.54) is 49.9 Å². The second-order valence-electron chi connectivity index (χ2n) is 5.52. The summed E-state index contributed by atoms with van der Waals surface area (Å²) in [6, 6.07) is 10.2. The maximum Gasteiger partial charge on any atom is 0.0342 e. The molecule has 0 spiro atoms. The third-order valence-electron chi connectivity index (χ3n) is 3.71. The van der Waals surface area contributed by atoms with Crippen LogP contribution in [0.25, 0.3) is 0 Å². The molecule has 2 atom stereocenters. The van der Waals surface area contributed by atoms with Crippen molar-refractivity contribution in [3.63, 3.8) is 0 Å². The second kappa shape index (κ2) is 6.79. The highest BCUT2D eigenvalue weighted by Gasteiger charge is 2.16. The smallest absolute Gasteiger partial charge is 0.0342 e. The van der Waals surface area contributed by atoms with Gasteiger partial charge in [0, 0.05) is 17.8 Å². The molecule has 0 radical (unpaired) electrons. The quantitative estimate of drug-likeness (QED) is 0.801. The molecular weight excluding hydrogens is 220 g/mol. The Hall–Kier alpha value is -1.02. The van der Waals surface area contributed by atoms with E-state index in [2.05, 4.69) is 48.7 Å². The molecule has 100 valence electrons. The maximum absolute atomic E-state index is 3.60. The third-order valence-corrected chi connectivity index (χ3v) is 3.71. The van der Waals surface area contributed by atoms with Gasteiger partial charge in [0.2, 0.25) is 0 Å². The molecule has 2 nitrogen and oxygen atoms in total. The highest BCUT2D eigenvalue weighted by atomic mass is 15.0. The minimum Gasteiger partial charge on any atom is -0.383 e. The molecule has 2 rings (SSSR count). The average Bonchev–Trinajstić information content (AvgIpc) is 2.84. The van der Waals surface area contributed by atoms with Gasteiger partial charge in [0.1, 0.15) is 0 Å². The van der Waals surface area contributed by atoms with Crippen molar-refractivity contribution in [2.24, 2.45) is 0 Å². The van der Waals surface area contributed by atoms with Crippen LogP contribution in [0.1, 0.15) is 45.1 Å². The van der Waals surface area contributed by atoms with Crippen LogP contribution in [-0.2, 0) is 6.42 Å². The monoisotopic (exact) mass is 246 g/mol. The van der Waals surface area contributed by atoms with Crippen LogP contribution in [0.4, 0.5) is 5.69 Å². The molecule has 1 heterocycles. The fourth-order valence-corrected chi connectivity index (χ4v) is 2.78. The molecule has 1 fully saturated rings. The fraction of sp³-hybridized carbons (Fsp3) is 0.625. The first-order chi connectivity index (χ1) is 8.78. The van der Waals surface area contributed by atoms with Crippen molar-refractivity contribution in [1.82, 2.24) is 5.32 Å². The van der Waals surface area contributed by atoms with Crippen molar-refractivity contribution in [2.45, 2.75) is 58.0 Å². The lowest BCUT2D eigenvalue weighted by molar-refractivity contribution is 0.523. The summed E-state index contributed by atoms with van der Waals surface area (Å²) in [4.78, 5) is 0. The summed E-state index contributed by atoms with van der Waals surface area (Å²) < 4.78 is 0. The molecule has 18 heavy (non-hydrogen) atoms. The number of anilines is 1. The van der Waals surface area contributed by atoms with Gasteiger partial charge < -0.3 is 10.6 Å². The lowest BCUT2D eigenvalue weighted by atomic mass is 10.1. The van der Waals surface area contributed by atoms with Crippen LogP contribution in [0.3, 0.4) is 0 Å². The Balaban J connectivity index is 1.80. The summed E-state index contributed by atoms with van der Waals surface area (Å²) in [5.74, 6) is 0. The molecule has 2 unspecified atom stereocenters. The minimum absolute atomic E-state index is 0.539. The Morgan fingerprint density at radius 3 is 2.72 bits per heavy atom. The molecule has 1 aromatic rings. The molecule has 0 saturated carbocycles. The van der Waals surface area contributed by atoms with Crippen LogP contribution in [0, 0.1) is 0 Å². The number of nitrogens with one attached hydrogen (secondary N) is 2. The highest BCUT2D eigenvalue weighted by Crippen LogP contribution is 2.16. The minimum atomic E-state index is 0.539. The summed E-state index contributed by atoms with van der Waals surface area (Å²) >= 11 is 0. The van der Waals surface area contributed by atoms with Crippen molar-refractivity contribution in [2.75, 3.05) is 11.9 Å². The maximum atomic E-state index is 3.60.